The van der Waals surface area contributed by atoms with Crippen LogP contribution < -0.4 is 0 Å². The summed E-state index contributed by atoms with van der Waals surface area (Å²) >= 11 is 0. The van der Waals surface area contributed by atoms with Crippen molar-refractivity contribution < 1.29 is 12.7 Å². The normalized spacial score (nSPS) is 11.8. The van der Waals surface area contributed by atoms with E-state index in [-0.39, 0.29) is 5.71 Å². The number of oxime groups is 1. The molecule has 0 amide bonds. The minimum absolute atomic E-state index is 0.185. The maximum atomic E-state index is 10.3. The van der Waals surface area contributed by atoms with Gasteiger partial charge in [0.15, 0.2) is 5.71 Å². The standard InChI is InChI=1S/C5H6N2O3S/c1-3-5(4-6)7-10-11(2,8)9/h3H,1H2,2H3. The molecule has 5 nitrogen and oxygen atoms in total. The average Bonchev–Trinajstić information content (AvgIpc) is 1.88. The summed E-state index contributed by atoms with van der Waals surface area (Å²) in [7, 11) is -3.63. The molecule has 0 aromatic heterocycles. The second kappa shape index (κ2) is 3.73. The molecular formula is C5H6N2O3S. The van der Waals surface area contributed by atoms with E-state index in [0.29, 0.717) is 0 Å². The van der Waals surface area contributed by atoms with Gasteiger partial charge in [-0.15, -0.1) is 0 Å². The Hall–Kier alpha value is -1.35. The molecule has 60 valence electrons. The zero-order valence-corrected chi connectivity index (χ0v) is 6.63. The number of nitrogens with zero attached hydrogens (tertiary/aromatic N) is 2. The van der Waals surface area contributed by atoms with Crippen LogP contribution in [0.5, 0.6) is 0 Å². The molecule has 0 heterocycles. The van der Waals surface area contributed by atoms with Crippen LogP contribution in [0.4, 0.5) is 0 Å². The minimum atomic E-state index is -3.63. The summed E-state index contributed by atoms with van der Waals surface area (Å²) in [5.74, 6) is 0. The first-order valence-electron chi connectivity index (χ1n) is 2.48. The van der Waals surface area contributed by atoms with Gasteiger partial charge in [-0.25, -0.2) is 0 Å². The van der Waals surface area contributed by atoms with Gasteiger partial charge in [0, 0.05) is 0 Å². The third kappa shape index (κ3) is 5.11. The highest BCUT2D eigenvalue weighted by Crippen LogP contribution is 1.88. The second-order valence-corrected chi connectivity index (χ2v) is 3.13. The molecule has 0 aromatic carbocycles. The summed E-state index contributed by atoms with van der Waals surface area (Å²) in [6, 6.07) is 1.57. The molecule has 0 fully saturated rings. The van der Waals surface area contributed by atoms with Crippen molar-refractivity contribution in [2.45, 2.75) is 0 Å². The summed E-state index contributed by atoms with van der Waals surface area (Å²) in [5, 5.41) is 11.2. The van der Waals surface area contributed by atoms with Gasteiger partial charge in [-0.05, 0) is 6.08 Å². The lowest BCUT2D eigenvalue weighted by atomic mass is 10.4. The van der Waals surface area contributed by atoms with Crippen molar-refractivity contribution in [3.8, 4) is 6.07 Å². The number of rotatable bonds is 3. The van der Waals surface area contributed by atoms with Crippen molar-refractivity contribution in [1.29, 1.82) is 5.26 Å². The van der Waals surface area contributed by atoms with Crippen molar-refractivity contribution >= 4 is 15.8 Å². The van der Waals surface area contributed by atoms with Gasteiger partial charge < -0.3 is 0 Å². The molecule has 0 atom stereocenters. The van der Waals surface area contributed by atoms with Crippen LogP contribution in [0.1, 0.15) is 0 Å². The molecule has 0 aliphatic carbocycles. The van der Waals surface area contributed by atoms with E-state index in [9.17, 15) is 8.42 Å². The number of hydrogen-bond acceptors (Lipinski definition) is 5. The van der Waals surface area contributed by atoms with Gasteiger partial charge >= 0.3 is 10.1 Å². The van der Waals surface area contributed by atoms with Crippen LogP contribution >= 0.6 is 0 Å². The molecule has 0 saturated carbocycles. The van der Waals surface area contributed by atoms with E-state index < -0.39 is 10.1 Å². The van der Waals surface area contributed by atoms with Gasteiger partial charge in [0.05, 0.1) is 6.26 Å². The smallest absolute Gasteiger partial charge is 0.267 e. The lowest BCUT2D eigenvalue weighted by molar-refractivity contribution is 0.344. The van der Waals surface area contributed by atoms with Gasteiger partial charge in [-0.3, -0.25) is 4.28 Å². The SMILES string of the molecule is C=CC(C#N)=NOS(C)(=O)=O. The van der Waals surface area contributed by atoms with E-state index in [0.717, 1.165) is 12.3 Å². The Labute approximate surface area is 64.7 Å². The van der Waals surface area contributed by atoms with Crippen molar-refractivity contribution in [3.05, 3.63) is 12.7 Å². The molecule has 0 radical (unpaired) electrons. The van der Waals surface area contributed by atoms with Crippen LogP contribution in [0.3, 0.4) is 0 Å². The number of allylic oxidation sites excluding steroid dienone is 1. The third-order valence-corrected chi connectivity index (χ3v) is 0.924. The van der Waals surface area contributed by atoms with E-state index in [1.165, 1.54) is 0 Å². The fourth-order valence-corrected chi connectivity index (χ4v) is 0.427. The summed E-state index contributed by atoms with van der Waals surface area (Å²) in [6.07, 6.45) is 1.92. The molecule has 0 spiro atoms. The first-order chi connectivity index (χ1) is 4.99. The average molecular weight is 174 g/mol. The van der Waals surface area contributed by atoms with Crippen molar-refractivity contribution in [1.82, 2.24) is 0 Å². The first kappa shape index (κ1) is 9.65. The van der Waals surface area contributed by atoms with Crippen LogP contribution in [0.2, 0.25) is 0 Å². The molecule has 0 saturated heterocycles. The van der Waals surface area contributed by atoms with Crippen LogP contribution in [0.25, 0.3) is 0 Å². The molecule has 11 heavy (non-hydrogen) atoms. The van der Waals surface area contributed by atoms with E-state index in [1.807, 2.05) is 0 Å². The minimum Gasteiger partial charge on any atom is -0.267 e. The van der Waals surface area contributed by atoms with E-state index >= 15 is 0 Å². The zero-order valence-electron chi connectivity index (χ0n) is 5.81. The molecule has 0 bridgehead atoms. The monoisotopic (exact) mass is 174 g/mol. The van der Waals surface area contributed by atoms with Crippen molar-refractivity contribution in [3.63, 3.8) is 0 Å². The van der Waals surface area contributed by atoms with E-state index in [1.54, 1.807) is 6.07 Å². The lowest BCUT2D eigenvalue weighted by Gasteiger charge is -1.90. The Morgan fingerprint density at radius 2 is 2.36 bits per heavy atom. The molecule has 0 aliphatic heterocycles. The fraction of sp³-hybridized carbons (Fsp3) is 0.200. The zero-order chi connectivity index (χ0) is 8.91. The molecule has 0 rings (SSSR count). The van der Waals surface area contributed by atoms with E-state index in [2.05, 4.69) is 16.0 Å². The van der Waals surface area contributed by atoms with Gasteiger partial charge in [-0.1, -0.05) is 11.7 Å². The van der Waals surface area contributed by atoms with E-state index in [4.69, 9.17) is 5.26 Å². The van der Waals surface area contributed by atoms with Crippen LogP contribution in [-0.4, -0.2) is 20.4 Å². The maximum Gasteiger partial charge on any atom is 0.325 e. The topological polar surface area (TPSA) is 79.5 Å². The Bertz CT molecular complexity index is 309. The fourth-order valence-electron chi connectivity index (χ4n) is 0.211. The van der Waals surface area contributed by atoms with Gasteiger partial charge in [-0.2, -0.15) is 13.7 Å². The summed E-state index contributed by atoms with van der Waals surface area (Å²) in [6.45, 7) is 3.20. The Balaban J connectivity index is 4.38. The molecule has 0 N–H and O–H groups in total. The number of hydrogen-bond donors (Lipinski definition) is 0. The first-order valence-corrected chi connectivity index (χ1v) is 4.30. The summed E-state index contributed by atoms with van der Waals surface area (Å²) in [4.78, 5) is 0. The van der Waals surface area contributed by atoms with Gasteiger partial charge in [0.1, 0.15) is 6.07 Å². The highest BCUT2D eigenvalue weighted by Gasteiger charge is 1.99. The predicted octanol–water partition coefficient (Wildman–Crippen LogP) is 0.0282. The third-order valence-electron chi connectivity index (χ3n) is 0.579. The molecule has 0 aromatic rings. The van der Waals surface area contributed by atoms with Crippen LogP contribution in [0.15, 0.2) is 17.8 Å². The van der Waals surface area contributed by atoms with Gasteiger partial charge in [0.2, 0.25) is 0 Å². The number of nitriles is 1. The predicted molar refractivity (Wildman–Crippen MR) is 39.2 cm³/mol. The quantitative estimate of drug-likeness (QED) is 0.446. The van der Waals surface area contributed by atoms with Crippen LogP contribution in [0, 0.1) is 11.3 Å². The molecule has 0 unspecified atom stereocenters. The van der Waals surface area contributed by atoms with Crippen molar-refractivity contribution in [2.75, 3.05) is 6.26 Å². The summed E-state index contributed by atoms with van der Waals surface area (Å²) < 4.78 is 24.5. The molecular weight excluding hydrogens is 168 g/mol. The van der Waals surface area contributed by atoms with Gasteiger partial charge in [0.25, 0.3) is 0 Å². The Kier molecular flexibility index (Phi) is 3.27. The largest absolute Gasteiger partial charge is 0.325 e. The highest BCUT2D eigenvalue weighted by atomic mass is 32.2. The Morgan fingerprint density at radius 3 is 2.64 bits per heavy atom. The lowest BCUT2D eigenvalue weighted by Crippen LogP contribution is -1.99. The second-order valence-electron chi connectivity index (χ2n) is 1.57. The maximum absolute atomic E-state index is 10.3. The molecule has 6 heteroatoms. The highest BCUT2D eigenvalue weighted by molar-refractivity contribution is 7.85. The summed E-state index contributed by atoms with van der Waals surface area (Å²) in [5.41, 5.74) is -0.185. The Morgan fingerprint density at radius 1 is 1.82 bits per heavy atom. The molecule has 0 aliphatic rings. The van der Waals surface area contributed by atoms with Crippen molar-refractivity contribution in [2.24, 2.45) is 5.16 Å². The van der Waals surface area contributed by atoms with Crippen LogP contribution in [-0.2, 0) is 14.4 Å².